The van der Waals surface area contributed by atoms with E-state index in [-0.39, 0.29) is 0 Å². The zero-order valence-corrected chi connectivity index (χ0v) is 9.19. The summed E-state index contributed by atoms with van der Waals surface area (Å²) in [6.07, 6.45) is 7.06. The molecular formula is C9H23OP. The van der Waals surface area contributed by atoms with E-state index in [2.05, 4.69) is 20.5 Å². The van der Waals surface area contributed by atoms with Crippen LogP contribution >= 0.6 is 7.49 Å². The van der Waals surface area contributed by atoms with Crippen molar-refractivity contribution in [2.45, 2.75) is 39.5 Å². The first-order valence-corrected chi connectivity index (χ1v) is 7.71. The second-order valence-corrected chi connectivity index (χ2v) is 7.70. The molecule has 0 atom stereocenters. The molecule has 0 saturated heterocycles. The van der Waals surface area contributed by atoms with Crippen molar-refractivity contribution in [1.82, 2.24) is 0 Å². The summed E-state index contributed by atoms with van der Waals surface area (Å²) in [6, 6.07) is 0. The Morgan fingerprint density at radius 3 is 1.64 bits per heavy atom. The van der Waals surface area contributed by atoms with Crippen LogP contribution in [0.3, 0.4) is 0 Å². The van der Waals surface area contributed by atoms with E-state index in [4.69, 9.17) is 0 Å². The van der Waals surface area contributed by atoms with Gasteiger partial charge in [0.15, 0.2) is 0 Å². The zero-order valence-electron chi connectivity index (χ0n) is 8.19. The fourth-order valence-corrected chi connectivity index (χ4v) is 3.72. The van der Waals surface area contributed by atoms with Crippen LogP contribution in [0.2, 0.25) is 0 Å². The van der Waals surface area contributed by atoms with Crippen molar-refractivity contribution >= 4 is 7.49 Å². The van der Waals surface area contributed by atoms with Crippen LogP contribution in [0.25, 0.3) is 0 Å². The first-order chi connectivity index (χ1) is 5.12. The van der Waals surface area contributed by atoms with Crippen LogP contribution in [-0.4, -0.2) is 23.9 Å². The molecule has 70 valence electrons. The Hall–Kier alpha value is 0.390. The van der Waals surface area contributed by atoms with E-state index in [9.17, 15) is 4.89 Å². The van der Waals surface area contributed by atoms with Crippen molar-refractivity contribution in [3.63, 3.8) is 0 Å². The minimum absolute atomic E-state index is 1.10. The average Bonchev–Trinajstić information content (AvgIpc) is 1.97. The van der Waals surface area contributed by atoms with Crippen molar-refractivity contribution in [3.05, 3.63) is 0 Å². The maximum atomic E-state index is 9.92. The summed E-state index contributed by atoms with van der Waals surface area (Å²) in [5, 5.41) is 0. The van der Waals surface area contributed by atoms with Gasteiger partial charge in [0, 0.05) is 0 Å². The summed E-state index contributed by atoms with van der Waals surface area (Å²) in [5.41, 5.74) is 0. The van der Waals surface area contributed by atoms with Crippen molar-refractivity contribution in [2.24, 2.45) is 0 Å². The van der Waals surface area contributed by atoms with E-state index in [1.807, 2.05) is 0 Å². The molecule has 0 heterocycles. The number of hydrogen-bond acceptors (Lipinski definition) is 1. The van der Waals surface area contributed by atoms with Crippen LogP contribution in [0.5, 0.6) is 0 Å². The van der Waals surface area contributed by atoms with Crippen LogP contribution in [0, 0.1) is 0 Å². The summed E-state index contributed by atoms with van der Waals surface area (Å²) in [6.45, 7) is 6.47. The Balaban J connectivity index is 3.43. The van der Waals surface area contributed by atoms with Gasteiger partial charge in [-0.1, -0.05) is 0 Å². The fourth-order valence-electron chi connectivity index (χ4n) is 1.24. The Morgan fingerprint density at radius 2 is 1.36 bits per heavy atom. The second kappa shape index (κ2) is 5.97. The van der Waals surface area contributed by atoms with Crippen LogP contribution in [0.4, 0.5) is 0 Å². The molecule has 0 bridgehead atoms. The summed E-state index contributed by atoms with van der Waals surface area (Å²) in [5.74, 6) is 0. The Morgan fingerprint density at radius 1 is 1.00 bits per heavy atom. The normalized spacial score (nSPS) is 13.5. The molecule has 0 amide bonds. The van der Waals surface area contributed by atoms with E-state index in [0.29, 0.717) is 0 Å². The Labute approximate surface area is 71.6 Å². The van der Waals surface area contributed by atoms with Crippen molar-refractivity contribution < 1.29 is 4.89 Å². The zero-order chi connectivity index (χ0) is 8.74. The fraction of sp³-hybridized carbons (Fsp3) is 1.00. The third-order valence-corrected chi connectivity index (χ3v) is 5.00. The summed E-state index contributed by atoms with van der Waals surface area (Å²) < 4.78 is 0. The third kappa shape index (κ3) is 6.77. The molecule has 1 nitrogen and oxygen atoms in total. The average molecular weight is 178 g/mol. The van der Waals surface area contributed by atoms with Gasteiger partial charge in [-0.2, -0.15) is 0 Å². The van der Waals surface area contributed by atoms with Crippen molar-refractivity contribution in [1.29, 1.82) is 0 Å². The van der Waals surface area contributed by atoms with Gasteiger partial charge in [0.05, 0.1) is 0 Å². The maximum absolute atomic E-state index is 9.92. The monoisotopic (exact) mass is 178 g/mol. The van der Waals surface area contributed by atoms with Gasteiger partial charge in [-0.15, -0.1) is 0 Å². The van der Waals surface area contributed by atoms with Crippen LogP contribution < -0.4 is 0 Å². The van der Waals surface area contributed by atoms with Gasteiger partial charge in [-0.3, -0.25) is 0 Å². The minimum atomic E-state index is -1.75. The van der Waals surface area contributed by atoms with Crippen molar-refractivity contribution in [2.75, 3.05) is 19.0 Å². The topological polar surface area (TPSA) is 20.2 Å². The van der Waals surface area contributed by atoms with Gasteiger partial charge in [-0.25, -0.2) is 0 Å². The first-order valence-electron chi connectivity index (χ1n) is 4.84. The molecular weight excluding hydrogens is 155 g/mol. The third-order valence-electron chi connectivity index (χ3n) is 2.14. The van der Waals surface area contributed by atoms with Gasteiger partial charge in [0.2, 0.25) is 0 Å². The predicted octanol–water partition coefficient (Wildman–Crippen LogP) is 2.87. The Kier molecular flexibility index (Phi) is 6.18. The van der Waals surface area contributed by atoms with Crippen LogP contribution in [0.1, 0.15) is 39.5 Å². The second-order valence-electron chi connectivity index (χ2n) is 3.70. The molecule has 0 aliphatic rings. The first kappa shape index (κ1) is 11.4. The number of rotatable bonds is 6. The molecule has 11 heavy (non-hydrogen) atoms. The molecule has 0 spiro atoms. The van der Waals surface area contributed by atoms with Crippen LogP contribution in [0.15, 0.2) is 0 Å². The molecule has 0 aliphatic carbocycles. The van der Waals surface area contributed by atoms with E-state index in [1.165, 1.54) is 25.7 Å². The molecule has 0 radical (unpaired) electrons. The SMILES string of the molecule is CCCC[PH](C)(O)CCCC. The predicted molar refractivity (Wildman–Crippen MR) is 56.0 cm³/mol. The van der Waals surface area contributed by atoms with E-state index < -0.39 is 7.49 Å². The summed E-state index contributed by atoms with van der Waals surface area (Å²) in [7, 11) is -1.75. The molecule has 1 N–H and O–H groups in total. The van der Waals surface area contributed by atoms with Crippen LogP contribution in [-0.2, 0) is 0 Å². The summed E-state index contributed by atoms with van der Waals surface area (Å²) in [4.78, 5) is 9.92. The Bertz CT molecular complexity index is 81.6. The van der Waals surface area contributed by atoms with Gasteiger partial charge < -0.3 is 0 Å². The molecule has 0 rings (SSSR count). The molecule has 0 saturated carbocycles. The van der Waals surface area contributed by atoms with Crippen molar-refractivity contribution in [3.8, 4) is 0 Å². The van der Waals surface area contributed by atoms with E-state index in [1.54, 1.807) is 0 Å². The molecule has 0 aromatic rings. The molecule has 0 fully saturated rings. The molecule has 0 aliphatic heterocycles. The number of hydrogen-bond donors (Lipinski definition) is 1. The van der Waals surface area contributed by atoms with Gasteiger partial charge >= 0.3 is 70.9 Å². The number of unbranched alkanes of at least 4 members (excludes halogenated alkanes) is 2. The van der Waals surface area contributed by atoms with Gasteiger partial charge in [-0.05, 0) is 0 Å². The standard InChI is InChI=1S/C9H23OP/c1-4-6-8-11(3,10)9-7-5-2/h10-11H,4-9H2,1-3H3. The quantitative estimate of drug-likeness (QED) is 0.620. The molecule has 2 heteroatoms. The molecule has 0 aromatic heterocycles. The molecule has 0 aromatic carbocycles. The van der Waals surface area contributed by atoms with E-state index >= 15 is 0 Å². The van der Waals surface area contributed by atoms with Gasteiger partial charge in [0.1, 0.15) is 0 Å². The van der Waals surface area contributed by atoms with Gasteiger partial charge in [0.25, 0.3) is 0 Å². The molecule has 0 unspecified atom stereocenters. The van der Waals surface area contributed by atoms with E-state index in [0.717, 1.165) is 12.3 Å². The summed E-state index contributed by atoms with van der Waals surface area (Å²) >= 11 is 0.